The lowest BCUT2D eigenvalue weighted by Crippen LogP contribution is -2.49. The van der Waals surface area contributed by atoms with E-state index in [2.05, 4.69) is 15.2 Å². The Hall–Kier alpha value is -3.20. The summed E-state index contributed by atoms with van der Waals surface area (Å²) in [6.45, 7) is 1.59. The zero-order valence-corrected chi connectivity index (χ0v) is 21.2. The standard InChI is InChI=1S/C26H25ClF3N7O/c27-19-1-3-22-17(9-19)11-35(15-26(29,30)18-13-38-14-18)12-24-33-34-25(37(22)24)16-5-7-36(8-6-16)23-4-2-20(28)21(10-31)32-23/h1-4,9,16,18H,5-8,11-15H2. The Balaban J connectivity index is 1.26. The lowest BCUT2D eigenvalue weighted by atomic mass is 9.95. The number of benzene rings is 1. The van der Waals surface area contributed by atoms with Gasteiger partial charge in [0, 0.05) is 30.6 Å². The fraction of sp³-hybridized carbons (Fsp3) is 0.462. The van der Waals surface area contributed by atoms with Gasteiger partial charge in [-0.3, -0.25) is 9.47 Å². The summed E-state index contributed by atoms with van der Waals surface area (Å²) in [6, 6.07) is 10.1. The monoisotopic (exact) mass is 543 g/mol. The molecule has 1 aromatic carbocycles. The molecular weight excluding hydrogens is 519 g/mol. The number of halogens is 4. The molecule has 0 aliphatic carbocycles. The average Bonchev–Trinajstić information content (AvgIpc) is 3.19. The normalized spacial score (nSPS) is 18.9. The molecule has 2 fully saturated rings. The van der Waals surface area contributed by atoms with Crippen LogP contribution in [-0.2, 0) is 17.8 Å². The molecule has 0 spiro atoms. The van der Waals surface area contributed by atoms with Crippen molar-refractivity contribution in [3.05, 3.63) is 64.1 Å². The van der Waals surface area contributed by atoms with Gasteiger partial charge in [0.2, 0.25) is 0 Å². The van der Waals surface area contributed by atoms with Gasteiger partial charge in [0.05, 0.1) is 37.9 Å². The first-order valence-corrected chi connectivity index (χ1v) is 12.9. The van der Waals surface area contributed by atoms with Gasteiger partial charge in [0.1, 0.15) is 17.7 Å². The fourth-order valence-electron chi connectivity index (χ4n) is 5.43. The summed E-state index contributed by atoms with van der Waals surface area (Å²) in [5, 5.41) is 18.6. The zero-order valence-electron chi connectivity index (χ0n) is 20.5. The van der Waals surface area contributed by atoms with Crippen LogP contribution in [0, 0.1) is 23.1 Å². The van der Waals surface area contributed by atoms with E-state index in [4.69, 9.17) is 21.6 Å². The van der Waals surface area contributed by atoms with Gasteiger partial charge in [-0.1, -0.05) is 11.6 Å². The van der Waals surface area contributed by atoms with Gasteiger partial charge in [-0.25, -0.2) is 18.2 Å². The number of piperidine rings is 1. The van der Waals surface area contributed by atoms with Gasteiger partial charge in [-0.15, -0.1) is 10.2 Å². The second kappa shape index (κ2) is 9.84. The maximum Gasteiger partial charge on any atom is 0.267 e. The number of rotatable bonds is 5. The number of nitrogens with zero attached hydrogens (tertiary/aromatic N) is 7. The van der Waals surface area contributed by atoms with E-state index in [9.17, 15) is 13.2 Å². The summed E-state index contributed by atoms with van der Waals surface area (Å²) < 4.78 is 50.6. The summed E-state index contributed by atoms with van der Waals surface area (Å²) in [5.41, 5.74) is 1.47. The molecule has 3 aromatic rings. The molecule has 0 unspecified atom stereocenters. The summed E-state index contributed by atoms with van der Waals surface area (Å²) in [4.78, 5) is 7.89. The number of hydrogen-bond acceptors (Lipinski definition) is 7. The van der Waals surface area contributed by atoms with Crippen molar-refractivity contribution in [2.45, 2.75) is 37.8 Å². The number of pyridine rings is 1. The zero-order chi connectivity index (χ0) is 26.4. The highest BCUT2D eigenvalue weighted by molar-refractivity contribution is 6.30. The quantitative estimate of drug-likeness (QED) is 0.474. The van der Waals surface area contributed by atoms with E-state index in [1.807, 2.05) is 21.6 Å². The van der Waals surface area contributed by atoms with Crippen molar-refractivity contribution < 1.29 is 17.9 Å². The molecule has 0 bridgehead atoms. The third-order valence-corrected chi connectivity index (χ3v) is 7.82. The molecule has 0 amide bonds. The van der Waals surface area contributed by atoms with Gasteiger partial charge in [0.25, 0.3) is 5.92 Å². The molecule has 0 atom stereocenters. The van der Waals surface area contributed by atoms with Gasteiger partial charge in [-0.2, -0.15) is 5.26 Å². The van der Waals surface area contributed by atoms with Crippen LogP contribution in [0.4, 0.5) is 19.0 Å². The SMILES string of the molecule is N#Cc1nc(N2CCC(c3nnc4n3-c3ccc(Cl)cc3CN(CC(F)(F)C3COC3)C4)CC2)ccc1F. The second-order valence-corrected chi connectivity index (χ2v) is 10.5. The smallest absolute Gasteiger partial charge is 0.267 e. The number of alkyl halides is 2. The minimum atomic E-state index is -2.87. The van der Waals surface area contributed by atoms with Crippen LogP contribution in [-0.4, -0.2) is 63.4 Å². The highest BCUT2D eigenvalue weighted by atomic mass is 35.5. The van der Waals surface area contributed by atoms with E-state index in [0.717, 1.165) is 29.9 Å². The Bertz CT molecular complexity index is 1400. The molecule has 6 rings (SSSR count). The van der Waals surface area contributed by atoms with Crippen molar-refractivity contribution in [2.75, 3.05) is 37.7 Å². The Morgan fingerprint density at radius 3 is 2.61 bits per heavy atom. The lowest BCUT2D eigenvalue weighted by Gasteiger charge is -2.36. The molecule has 2 aromatic heterocycles. The fourth-order valence-corrected chi connectivity index (χ4v) is 5.62. The van der Waals surface area contributed by atoms with Crippen LogP contribution in [0.1, 0.15) is 41.7 Å². The molecule has 3 aliphatic rings. The highest BCUT2D eigenvalue weighted by Gasteiger charge is 2.46. The van der Waals surface area contributed by atoms with Crippen molar-refractivity contribution >= 4 is 17.4 Å². The van der Waals surface area contributed by atoms with Crippen LogP contribution in [0.5, 0.6) is 0 Å². The Morgan fingerprint density at radius 1 is 1.11 bits per heavy atom. The summed E-state index contributed by atoms with van der Waals surface area (Å²) in [6.07, 6.45) is 1.48. The third kappa shape index (κ3) is 4.61. The van der Waals surface area contributed by atoms with E-state index >= 15 is 0 Å². The molecule has 38 heavy (non-hydrogen) atoms. The molecule has 3 aliphatic heterocycles. The number of fused-ring (bicyclic) bond motifs is 3. The van der Waals surface area contributed by atoms with Crippen molar-refractivity contribution in [3.8, 4) is 11.8 Å². The Morgan fingerprint density at radius 2 is 1.89 bits per heavy atom. The first-order valence-electron chi connectivity index (χ1n) is 12.5. The van der Waals surface area contributed by atoms with E-state index in [-0.39, 0.29) is 31.4 Å². The highest BCUT2D eigenvalue weighted by Crippen LogP contribution is 2.37. The first-order chi connectivity index (χ1) is 18.3. The van der Waals surface area contributed by atoms with Gasteiger partial charge in [-0.05, 0) is 48.7 Å². The van der Waals surface area contributed by atoms with Crippen molar-refractivity contribution in [2.24, 2.45) is 5.92 Å². The molecule has 12 heteroatoms. The maximum atomic E-state index is 14.9. The number of anilines is 1. The van der Waals surface area contributed by atoms with Crippen LogP contribution >= 0.6 is 11.6 Å². The molecule has 198 valence electrons. The Kier molecular flexibility index (Phi) is 6.50. The predicted molar refractivity (Wildman–Crippen MR) is 133 cm³/mol. The molecule has 0 radical (unpaired) electrons. The molecular formula is C26H25ClF3N7O. The molecule has 0 N–H and O–H groups in total. The third-order valence-electron chi connectivity index (χ3n) is 7.59. The van der Waals surface area contributed by atoms with Crippen molar-refractivity contribution in [1.29, 1.82) is 5.26 Å². The number of ether oxygens (including phenoxy) is 1. The van der Waals surface area contributed by atoms with E-state index in [1.54, 1.807) is 23.1 Å². The average molecular weight is 544 g/mol. The second-order valence-electron chi connectivity index (χ2n) is 10.1. The van der Waals surface area contributed by atoms with E-state index in [0.29, 0.717) is 36.3 Å². The minimum Gasteiger partial charge on any atom is -0.380 e. The number of nitriles is 1. The van der Waals surface area contributed by atoms with E-state index < -0.39 is 24.2 Å². The topological polar surface area (TPSA) is 83.1 Å². The van der Waals surface area contributed by atoms with Gasteiger partial charge < -0.3 is 9.64 Å². The summed E-state index contributed by atoms with van der Waals surface area (Å²) in [5.74, 6) is -2.24. The van der Waals surface area contributed by atoms with Crippen LogP contribution in [0.25, 0.3) is 5.69 Å². The van der Waals surface area contributed by atoms with Crippen LogP contribution in [0.2, 0.25) is 5.02 Å². The first kappa shape index (κ1) is 25.1. The number of aromatic nitrogens is 4. The van der Waals surface area contributed by atoms with Crippen LogP contribution in [0.3, 0.4) is 0 Å². The molecule has 2 saturated heterocycles. The van der Waals surface area contributed by atoms with Gasteiger partial charge >= 0.3 is 0 Å². The van der Waals surface area contributed by atoms with Crippen LogP contribution < -0.4 is 4.90 Å². The van der Waals surface area contributed by atoms with Crippen molar-refractivity contribution in [3.63, 3.8) is 0 Å². The van der Waals surface area contributed by atoms with E-state index in [1.165, 1.54) is 6.07 Å². The van der Waals surface area contributed by atoms with Gasteiger partial charge in [0.15, 0.2) is 17.3 Å². The predicted octanol–water partition coefficient (Wildman–Crippen LogP) is 4.31. The lowest BCUT2D eigenvalue weighted by molar-refractivity contribution is -0.179. The summed E-state index contributed by atoms with van der Waals surface area (Å²) in [7, 11) is 0. The molecule has 8 nitrogen and oxygen atoms in total. The molecule has 0 saturated carbocycles. The molecule has 5 heterocycles. The summed E-state index contributed by atoms with van der Waals surface area (Å²) >= 11 is 6.31. The minimum absolute atomic E-state index is 0.0760. The number of hydrogen-bond donors (Lipinski definition) is 0. The Labute approximate surface area is 222 Å². The largest absolute Gasteiger partial charge is 0.380 e. The van der Waals surface area contributed by atoms with Crippen LogP contribution in [0.15, 0.2) is 30.3 Å². The van der Waals surface area contributed by atoms with Crippen molar-refractivity contribution in [1.82, 2.24) is 24.6 Å². The maximum absolute atomic E-state index is 14.9.